The second-order valence-corrected chi connectivity index (χ2v) is 5.69. The maximum Gasteiger partial charge on any atom is 0.193 e. The molecule has 2 rings (SSSR count). The highest BCUT2D eigenvalue weighted by molar-refractivity contribution is 14.0. The van der Waals surface area contributed by atoms with Gasteiger partial charge in [-0.1, -0.05) is 6.92 Å². The molecule has 0 saturated carbocycles. The van der Waals surface area contributed by atoms with Gasteiger partial charge in [0.25, 0.3) is 0 Å². The maximum atomic E-state index is 4.74. The summed E-state index contributed by atoms with van der Waals surface area (Å²) in [5, 5.41) is 7.70. The van der Waals surface area contributed by atoms with Gasteiger partial charge < -0.3 is 10.2 Å². The molecular weight excluding hydrogens is 377 g/mol. The summed E-state index contributed by atoms with van der Waals surface area (Å²) >= 11 is 0. The summed E-state index contributed by atoms with van der Waals surface area (Å²) in [6, 6.07) is 0. The van der Waals surface area contributed by atoms with E-state index in [2.05, 4.69) is 42.3 Å². The molecule has 0 aromatic carbocycles. The van der Waals surface area contributed by atoms with Crippen molar-refractivity contribution in [1.82, 2.24) is 20.0 Å². The number of hydrogen-bond donors (Lipinski definition) is 1. The number of aliphatic imine (C=N–C) groups is 1. The van der Waals surface area contributed by atoms with E-state index >= 15 is 0 Å². The fraction of sp³-hybridized carbons (Fsp3) is 0.733. The van der Waals surface area contributed by atoms with Crippen LogP contribution in [0.3, 0.4) is 0 Å². The van der Waals surface area contributed by atoms with Crippen LogP contribution in [0.4, 0.5) is 0 Å². The minimum atomic E-state index is 0. The van der Waals surface area contributed by atoms with Gasteiger partial charge in [0.1, 0.15) is 0 Å². The molecule has 120 valence electrons. The van der Waals surface area contributed by atoms with E-state index < -0.39 is 0 Å². The van der Waals surface area contributed by atoms with Crippen LogP contribution in [0.2, 0.25) is 0 Å². The topological polar surface area (TPSA) is 45.5 Å². The van der Waals surface area contributed by atoms with E-state index in [4.69, 9.17) is 4.99 Å². The van der Waals surface area contributed by atoms with Gasteiger partial charge in [0.15, 0.2) is 5.96 Å². The number of nitrogens with zero attached hydrogens (tertiary/aromatic N) is 4. The quantitative estimate of drug-likeness (QED) is 0.476. The van der Waals surface area contributed by atoms with Crippen molar-refractivity contribution in [2.24, 2.45) is 10.9 Å². The summed E-state index contributed by atoms with van der Waals surface area (Å²) in [7, 11) is 0. The lowest BCUT2D eigenvalue weighted by atomic mass is 10.00. The van der Waals surface area contributed by atoms with Gasteiger partial charge in [-0.3, -0.25) is 9.67 Å². The molecule has 1 aromatic heterocycles. The van der Waals surface area contributed by atoms with E-state index in [0.717, 1.165) is 44.6 Å². The summed E-state index contributed by atoms with van der Waals surface area (Å²) in [4.78, 5) is 7.12. The predicted octanol–water partition coefficient (Wildman–Crippen LogP) is 2.51. The average molecular weight is 405 g/mol. The zero-order chi connectivity index (χ0) is 14.4. The van der Waals surface area contributed by atoms with Gasteiger partial charge in [0.05, 0.1) is 19.3 Å². The van der Waals surface area contributed by atoms with Crippen molar-refractivity contribution < 1.29 is 0 Å². The molecule has 1 saturated heterocycles. The number of guanidine groups is 1. The fourth-order valence-electron chi connectivity index (χ4n) is 2.49. The molecule has 0 bridgehead atoms. The van der Waals surface area contributed by atoms with E-state index in [-0.39, 0.29) is 24.0 Å². The molecule has 0 spiro atoms. The van der Waals surface area contributed by atoms with Crippen molar-refractivity contribution in [3.63, 3.8) is 0 Å². The Labute approximate surface area is 145 Å². The number of piperidine rings is 1. The van der Waals surface area contributed by atoms with Crippen LogP contribution in [0.5, 0.6) is 0 Å². The van der Waals surface area contributed by atoms with Crippen molar-refractivity contribution in [2.75, 3.05) is 26.2 Å². The molecule has 0 amide bonds. The van der Waals surface area contributed by atoms with Crippen LogP contribution in [-0.4, -0.2) is 46.8 Å². The molecule has 0 unspecified atom stereocenters. The largest absolute Gasteiger partial charge is 0.357 e. The Morgan fingerprint density at radius 3 is 2.71 bits per heavy atom. The van der Waals surface area contributed by atoms with Gasteiger partial charge in [-0.15, -0.1) is 24.0 Å². The number of aryl methyl sites for hydroxylation is 1. The van der Waals surface area contributed by atoms with Crippen molar-refractivity contribution in [2.45, 2.75) is 40.2 Å². The van der Waals surface area contributed by atoms with Crippen molar-refractivity contribution in [3.05, 3.63) is 18.0 Å². The van der Waals surface area contributed by atoms with Crippen LogP contribution in [0.25, 0.3) is 0 Å². The molecule has 1 aromatic rings. The number of likely N-dealkylation sites (tertiary alicyclic amines) is 1. The Balaban J connectivity index is 0.00000220. The zero-order valence-electron chi connectivity index (χ0n) is 13.4. The van der Waals surface area contributed by atoms with Crippen LogP contribution in [0.1, 0.15) is 32.3 Å². The Hall–Kier alpha value is -0.790. The molecule has 2 heterocycles. The van der Waals surface area contributed by atoms with Crippen molar-refractivity contribution in [3.8, 4) is 0 Å². The SMILES string of the molecule is CCNC(=NCCn1cc(C)cn1)N1CCC(C)CC1.I. The summed E-state index contributed by atoms with van der Waals surface area (Å²) in [6.45, 7) is 11.3. The van der Waals surface area contributed by atoms with E-state index in [1.165, 1.54) is 18.4 Å². The van der Waals surface area contributed by atoms with Crippen molar-refractivity contribution in [1.29, 1.82) is 0 Å². The van der Waals surface area contributed by atoms with Gasteiger partial charge in [-0.2, -0.15) is 5.10 Å². The second kappa shape index (κ2) is 9.27. The molecule has 5 nitrogen and oxygen atoms in total. The van der Waals surface area contributed by atoms with Crippen LogP contribution < -0.4 is 5.32 Å². The summed E-state index contributed by atoms with van der Waals surface area (Å²) < 4.78 is 1.96. The Morgan fingerprint density at radius 2 is 2.14 bits per heavy atom. The first kappa shape index (κ1) is 18.3. The van der Waals surface area contributed by atoms with Crippen LogP contribution in [0, 0.1) is 12.8 Å². The van der Waals surface area contributed by atoms with Gasteiger partial charge in [-0.05, 0) is 38.2 Å². The minimum absolute atomic E-state index is 0. The predicted molar refractivity (Wildman–Crippen MR) is 98.3 cm³/mol. The highest BCUT2D eigenvalue weighted by Gasteiger charge is 2.18. The average Bonchev–Trinajstić information content (AvgIpc) is 2.84. The highest BCUT2D eigenvalue weighted by atomic mass is 127. The third kappa shape index (κ3) is 5.84. The van der Waals surface area contributed by atoms with Crippen LogP contribution in [0.15, 0.2) is 17.4 Å². The van der Waals surface area contributed by atoms with Crippen molar-refractivity contribution >= 4 is 29.9 Å². The molecule has 0 atom stereocenters. The van der Waals surface area contributed by atoms with E-state index in [1.807, 2.05) is 10.9 Å². The molecule has 1 aliphatic rings. The lowest BCUT2D eigenvalue weighted by Crippen LogP contribution is -2.45. The third-order valence-electron chi connectivity index (χ3n) is 3.77. The molecule has 0 aliphatic carbocycles. The second-order valence-electron chi connectivity index (χ2n) is 5.69. The van der Waals surface area contributed by atoms with Gasteiger partial charge in [-0.25, -0.2) is 0 Å². The fourth-order valence-corrected chi connectivity index (χ4v) is 2.49. The minimum Gasteiger partial charge on any atom is -0.357 e. The summed E-state index contributed by atoms with van der Waals surface area (Å²) in [5.41, 5.74) is 1.20. The zero-order valence-corrected chi connectivity index (χ0v) is 15.7. The third-order valence-corrected chi connectivity index (χ3v) is 3.77. The standard InChI is InChI=1S/C15H27N5.HI/c1-4-16-15(19-8-5-13(2)6-9-19)17-7-10-20-12-14(3)11-18-20;/h11-13H,4-10H2,1-3H3,(H,16,17);1H. The molecule has 6 heteroatoms. The highest BCUT2D eigenvalue weighted by Crippen LogP contribution is 2.15. The molecule has 1 N–H and O–H groups in total. The normalized spacial score (nSPS) is 16.7. The molecule has 1 fully saturated rings. The Bertz CT molecular complexity index is 435. The number of rotatable bonds is 4. The van der Waals surface area contributed by atoms with Crippen LogP contribution >= 0.6 is 24.0 Å². The summed E-state index contributed by atoms with van der Waals surface area (Å²) in [5.74, 6) is 1.91. The lowest BCUT2D eigenvalue weighted by molar-refractivity contribution is 0.273. The van der Waals surface area contributed by atoms with E-state index in [9.17, 15) is 0 Å². The number of aromatic nitrogens is 2. The van der Waals surface area contributed by atoms with Crippen LogP contribution in [-0.2, 0) is 6.54 Å². The number of hydrogen-bond acceptors (Lipinski definition) is 2. The summed E-state index contributed by atoms with van der Waals surface area (Å²) in [6.07, 6.45) is 6.48. The van der Waals surface area contributed by atoms with E-state index in [1.54, 1.807) is 0 Å². The molecule has 1 aliphatic heterocycles. The van der Waals surface area contributed by atoms with Gasteiger partial charge >= 0.3 is 0 Å². The Kier molecular flexibility index (Phi) is 8.06. The lowest BCUT2D eigenvalue weighted by Gasteiger charge is -2.33. The van der Waals surface area contributed by atoms with Gasteiger partial charge in [0, 0.05) is 25.8 Å². The molecule has 21 heavy (non-hydrogen) atoms. The monoisotopic (exact) mass is 405 g/mol. The first-order valence-electron chi connectivity index (χ1n) is 7.71. The molecule has 0 radical (unpaired) electrons. The first-order valence-corrected chi connectivity index (χ1v) is 7.71. The van der Waals surface area contributed by atoms with E-state index in [0.29, 0.717) is 0 Å². The van der Waals surface area contributed by atoms with Gasteiger partial charge in [0.2, 0.25) is 0 Å². The number of halogens is 1. The number of nitrogens with one attached hydrogen (secondary N) is 1. The smallest absolute Gasteiger partial charge is 0.193 e. The maximum absolute atomic E-state index is 4.74. The first-order chi connectivity index (χ1) is 9.69. The Morgan fingerprint density at radius 1 is 1.43 bits per heavy atom. The molecular formula is C15H28IN5.